The number of anilines is 1. The van der Waals surface area contributed by atoms with Gasteiger partial charge < -0.3 is 20.8 Å². The van der Waals surface area contributed by atoms with Crippen LogP contribution in [0.4, 0.5) is 18.9 Å². The zero-order chi connectivity index (χ0) is 20.2. The number of nitrogens with two attached hydrogens (primary N) is 1. The van der Waals surface area contributed by atoms with Crippen molar-refractivity contribution in [3.05, 3.63) is 56.4 Å². The van der Waals surface area contributed by atoms with Crippen LogP contribution in [0.15, 0.2) is 33.9 Å². The highest BCUT2D eigenvalue weighted by Gasteiger charge is 2.34. The van der Waals surface area contributed by atoms with Gasteiger partial charge in [-0.3, -0.25) is 14.6 Å². The lowest BCUT2D eigenvalue weighted by atomic mass is 10.2. The Bertz CT molecular complexity index is 936. The van der Waals surface area contributed by atoms with Crippen molar-refractivity contribution in [3.8, 4) is 5.75 Å². The van der Waals surface area contributed by atoms with Crippen LogP contribution in [0.2, 0.25) is 0 Å². The van der Waals surface area contributed by atoms with Crippen molar-refractivity contribution in [1.29, 1.82) is 0 Å². The summed E-state index contributed by atoms with van der Waals surface area (Å²) in [6.07, 6.45) is -4.37. The predicted molar refractivity (Wildman–Crippen MR) is 90.6 cm³/mol. The topological polar surface area (TPSA) is 130 Å². The third kappa shape index (κ3) is 5.12. The number of amides is 1. The first-order chi connectivity index (χ1) is 12.6. The van der Waals surface area contributed by atoms with Crippen LogP contribution in [0.1, 0.15) is 29.4 Å². The maximum absolute atomic E-state index is 12.9. The molecule has 1 amide bonds. The van der Waals surface area contributed by atoms with Gasteiger partial charge in [-0.2, -0.15) is 13.2 Å². The number of aromatic amines is 2. The molecule has 0 aliphatic heterocycles. The molecule has 0 aliphatic carbocycles. The van der Waals surface area contributed by atoms with Crippen molar-refractivity contribution in [2.24, 2.45) is 0 Å². The van der Waals surface area contributed by atoms with Crippen LogP contribution in [0, 0.1) is 0 Å². The Hall–Kier alpha value is -3.24. The lowest BCUT2D eigenvalue weighted by molar-refractivity contribution is -0.138. The third-order valence-corrected chi connectivity index (χ3v) is 3.59. The van der Waals surface area contributed by atoms with Gasteiger partial charge in [0.25, 0.3) is 11.5 Å². The molecule has 0 saturated heterocycles. The van der Waals surface area contributed by atoms with E-state index in [4.69, 9.17) is 10.5 Å². The van der Waals surface area contributed by atoms with Gasteiger partial charge in [-0.25, -0.2) is 4.79 Å². The standard InChI is InChI=1S/C16H17F3N4O4/c1-8(21-14(25)12-11(20)13(24)23-15(26)22-12)6-7-27-10-5-3-2-4-9(10)16(17,18)19/h2-5,8H,6-7,20H2,1H3,(H,21,25)(H2,22,23,24,26)/t8-/m1/s1. The Balaban J connectivity index is 1.96. The van der Waals surface area contributed by atoms with E-state index in [-0.39, 0.29) is 24.5 Å². The smallest absolute Gasteiger partial charge is 0.419 e. The molecule has 1 aromatic carbocycles. The van der Waals surface area contributed by atoms with E-state index in [2.05, 4.69) is 10.3 Å². The first kappa shape index (κ1) is 20.1. The molecular formula is C16H17F3N4O4. The number of carbonyl (C=O) groups excluding carboxylic acids is 1. The van der Waals surface area contributed by atoms with E-state index in [1.807, 2.05) is 4.98 Å². The molecule has 5 N–H and O–H groups in total. The Morgan fingerprint density at radius 3 is 2.59 bits per heavy atom. The van der Waals surface area contributed by atoms with Crippen molar-refractivity contribution >= 4 is 11.6 Å². The number of hydrogen-bond donors (Lipinski definition) is 4. The number of H-pyrrole nitrogens is 2. The zero-order valence-corrected chi connectivity index (χ0v) is 14.1. The number of alkyl halides is 3. The van der Waals surface area contributed by atoms with Crippen molar-refractivity contribution in [2.45, 2.75) is 25.6 Å². The lowest BCUT2D eigenvalue weighted by Gasteiger charge is -2.17. The third-order valence-electron chi connectivity index (χ3n) is 3.59. The number of nitrogen functional groups attached to an aromatic ring is 1. The molecule has 8 nitrogen and oxygen atoms in total. The van der Waals surface area contributed by atoms with Crippen molar-refractivity contribution in [1.82, 2.24) is 15.3 Å². The van der Waals surface area contributed by atoms with Gasteiger partial charge in [0.05, 0.1) is 12.2 Å². The molecule has 1 atom stereocenters. The predicted octanol–water partition coefficient (Wildman–Crippen LogP) is 1.25. The molecule has 146 valence electrons. The summed E-state index contributed by atoms with van der Waals surface area (Å²) < 4.78 is 43.8. The van der Waals surface area contributed by atoms with Crippen LogP contribution in [0.25, 0.3) is 0 Å². The summed E-state index contributed by atoms with van der Waals surface area (Å²) in [7, 11) is 0. The Labute approximate surface area is 150 Å². The Morgan fingerprint density at radius 2 is 1.93 bits per heavy atom. The van der Waals surface area contributed by atoms with Crippen LogP contribution in [0.3, 0.4) is 0 Å². The average molecular weight is 386 g/mol. The molecule has 11 heteroatoms. The number of ether oxygens (including phenoxy) is 1. The molecule has 0 radical (unpaired) electrons. The van der Waals surface area contributed by atoms with E-state index >= 15 is 0 Å². The first-order valence-corrected chi connectivity index (χ1v) is 7.81. The second-order valence-corrected chi connectivity index (χ2v) is 5.70. The van der Waals surface area contributed by atoms with E-state index in [1.54, 1.807) is 6.92 Å². The van der Waals surface area contributed by atoms with Crippen LogP contribution in [-0.2, 0) is 6.18 Å². The molecule has 0 fully saturated rings. The highest BCUT2D eigenvalue weighted by molar-refractivity contribution is 5.96. The maximum Gasteiger partial charge on any atom is 0.419 e. The second-order valence-electron chi connectivity index (χ2n) is 5.70. The van der Waals surface area contributed by atoms with Crippen LogP contribution >= 0.6 is 0 Å². The number of hydrogen-bond acceptors (Lipinski definition) is 5. The van der Waals surface area contributed by atoms with Crippen molar-refractivity contribution in [2.75, 3.05) is 12.3 Å². The van der Waals surface area contributed by atoms with E-state index in [0.29, 0.717) is 0 Å². The van der Waals surface area contributed by atoms with Gasteiger partial charge in [0, 0.05) is 12.5 Å². The normalized spacial score (nSPS) is 12.4. The summed E-state index contributed by atoms with van der Waals surface area (Å²) in [5, 5.41) is 2.48. The van der Waals surface area contributed by atoms with Gasteiger partial charge in [0.15, 0.2) is 0 Å². The average Bonchev–Trinajstić information content (AvgIpc) is 2.57. The van der Waals surface area contributed by atoms with Gasteiger partial charge in [-0.05, 0) is 19.1 Å². The highest BCUT2D eigenvalue weighted by Crippen LogP contribution is 2.35. The van der Waals surface area contributed by atoms with Crippen molar-refractivity contribution in [3.63, 3.8) is 0 Å². The van der Waals surface area contributed by atoms with Crippen LogP contribution < -0.4 is 27.0 Å². The lowest BCUT2D eigenvalue weighted by Crippen LogP contribution is -2.38. The summed E-state index contributed by atoms with van der Waals surface area (Å²) in [6, 6.07) is 4.26. The Kier molecular flexibility index (Phi) is 5.93. The fourth-order valence-electron chi connectivity index (χ4n) is 2.22. The number of para-hydroxylation sites is 1. The molecule has 2 aromatic rings. The van der Waals surface area contributed by atoms with Crippen LogP contribution in [0.5, 0.6) is 5.75 Å². The van der Waals surface area contributed by atoms with Gasteiger partial charge in [0.2, 0.25) is 0 Å². The Morgan fingerprint density at radius 1 is 1.26 bits per heavy atom. The summed E-state index contributed by atoms with van der Waals surface area (Å²) in [6.45, 7) is 1.48. The molecule has 0 unspecified atom stereocenters. The van der Waals surface area contributed by atoms with E-state index in [0.717, 1.165) is 6.07 Å². The summed E-state index contributed by atoms with van der Waals surface area (Å²) >= 11 is 0. The minimum absolute atomic E-state index is 0.101. The molecule has 0 saturated carbocycles. The SMILES string of the molecule is C[C@H](CCOc1ccccc1C(F)(F)F)NC(=O)c1[nH]c(=O)[nH]c(=O)c1N. The van der Waals surface area contributed by atoms with Gasteiger partial charge >= 0.3 is 11.9 Å². The monoisotopic (exact) mass is 386 g/mol. The molecule has 1 heterocycles. The van der Waals surface area contributed by atoms with Gasteiger partial charge in [-0.15, -0.1) is 0 Å². The summed E-state index contributed by atoms with van der Waals surface area (Å²) in [5.41, 5.74) is 1.93. The first-order valence-electron chi connectivity index (χ1n) is 7.81. The van der Waals surface area contributed by atoms with E-state index in [9.17, 15) is 27.6 Å². The minimum atomic E-state index is -4.54. The molecule has 0 spiro atoms. The number of carbonyl (C=O) groups is 1. The molecule has 1 aromatic heterocycles. The highest BCUT2D eigenvalue weighted by atomic mass is 19.4. The fourth-order valence-corrected chi connectivity index (χ4v) is 2.22. The maximum atomic E-state index is 12.9. The minimum Gasteiger partial charge on any atom is -0.493 e. The van der Waals surface area contributed by atoms with Gasteiger partial charge in [0.1, 0.15) is 17.1 Å². The largest absolute Gasteiger partial charge is 0.493 e. The van der Waals surface area contributed by atoms with Crippen molar-refractivity contribution < 1.29 is 22.7 Å². The summed E-state index contributed by atoms with van der Waals surface area (Å²) in [5.74, 6) is -1.11. The number of halogens is 3. The number of aromatic nitrogens is 2. The quantitative estimate of drug-likeness (QED) is 0.594. The molecule has 0 bridgehead atoms. The molecule has 27 heavy (non-hydrogen) atoms. The number of nitrogens with one attached hydrogen (secondary N) is 3. The summed E-state index contributed by atoms with van der Waals surface area (Å²) in [4.78, 5) is 38.7. The molecule has 2 rings (SSSR count). The number of benzene rings is 1. The van der Waals surface area contributed by atoms with Crippen LogP contribution in [-0.4, -0.2) is 28.5 Å². The second kappa shape index (κ2) is 7.98. The molecular weight excluding hydrogens is 369 g/mol. The number of rotatable bonds is 6. The zero-order valence-electron chi connectivity index (χ0n) is 14.1. The van der Waals surface area contributed by atoms with E-state index < -0.39 is 40.6 Å². The fraction of sp³-hybridized carbons (Fsp3) is 0.312. The van der Waals surface area contributed by atoms with E-state index in [1.165, 1.54) is 18.2 Å². The molecule has 0 aliphatic rings. The van der Waals surface area contributed by atoms with Gasteiger partial charge in [-0.1, -0.05) is 12.1 Å².